The Morgan fingerprint density at radius 2 is 2.08 bits per heavy atom. The van der Waals surface area contributed by atoms with E-state index in [2.05, 4.69) is 4.98 Å². The maximum atomic E-state index is 13.3. The Morgan fingerprint density at radius 3 is 2.42 bits per heavy atom. The molecule has 1 aromatic heterocycles. The molecule has 0 aliphatic carbocycles. The Labute approximate surface area is 70.2 Å². The van der Waals surface area contributed by atoms with E-state index >= 15 is 0 Å². The first-order valence-electron chi connectivity index (χ1n) is 3.82. The van der Waals surface area contributed by atoms with Crippen molar-refractivity contribution in [3.8, 4) is 0 Å². The highest BCUT2D eigenvalue weighted by Gasteiger charge is 2.39. The maximum Gasteiger partial charge on any atom is 0.307 e. The lowest BCUT2D eigenvalue weighted by Gasteiger charge is -2.19. The van der Waals surface area contributed by atoms with E-state index < -0.39 is 11.8 Å². The van der Waals surface area contributed by atoms with Gasteiger partial charge in [0.15, 0.2) is 5.82 Å². The van der Waals surface area contributed by atoms with Gasteiger partial charge in [-0.15, -0.1) is 0 Å². The Kier molecular flexibility index (Phi) is 2.17. The molecule has 0 spiro atoms. The summed E-state index contributed by atoms with van der Waals surface area (Å²) in [5, 5.41) is 0. The number of rotatable bonds is 2. The minimum atomic E-state index is -2.84. The number of imidazole rings is 1. The van der Waals surface area contributed by atoms with Crippen molar-refractivity contribution in [1.29, 1.82) is 0 Å². The third-order valence-electron chi connectivity index (χ3n) is 1.84. The van der Waals surface area contributed by atoms with Crippen LogP contribution in [0.1, 0.15) is 19.7 Å². The molecule has 0 aliphatic heterocycles. The van der Waals surface area contributed by atoms with Crippen molar-refractivity contribution in [2.24, 2.45) is 13.0 Å². The SMILES string of the molecule is CC(C)C(F)(F)c1nccn1C. The van der Waals surface area contributed by atoms with Crippen molar-refractivity contribution in [2.45, 2.75) is 19.8 Å². The molecule has 0 saturated heterocycles. The van der Waals surface area contributed by atoms with E-state index in [1.165, 1.54) is 30.8 Å². The fraction of sp³-hybridized carbons (Fsp3) is 0.625. The molecule has 0 saturated carbocycles. The van der Waals surface area contributed by atoms with Crippen LogP contribution in [-0.2, 0) is 13.0 Å². The highest BCUT2D eigenvalue weighted by molar-refractivity contribution is 5.00. The van der Waals surface area contributed by atoms with Gasteiger partial charge in [0.2, 0.25) is 0 Å². The minimum Gasteiger partial charge on any atom is -0.333 e. The van der Waals surface area contributed by atoms with Gasteiger partial charge < -0.3 is 4.57 Å². The normalized spacial score (nSPS) is 12.5. The van der Waals surface area contributed by atoms with E-state index in [0.717, 1.165) is 0 Å². The molecule has 0 aliphatic rings. The molecular formula is C8H12F2N2. The van der Waals surface area contributed by atoms with Gasteiger partial charge in [-0.05, 0) is 0 Å². The first-order chi connectivity index (χ1) is 5.46. The summed E-state index contributed by atoms with van der Waals surface area (Å²) in [6.45, 7) is 2.96. The van der Waals surface area contributed by atoms with E-state index in [4.69, 9.17) is 0 Å². The van der Waals surface area contributed by atoms with Gasteiger partial charge >= 0.3 is 5.92 Å². The number of hydrogen-bond acceptors (Lipinski definition) is 1. The predicted molar refractivity (Wildman–Crippen MR) is 41.9 cm³/mol. The first kappa shape index (κ1) is 9.16. The summed E-state index contributed by atoms with van der Waals surface area (Å²) in [6, 6.07) is 0. The van der Waals surface area contributed by atoms with Gasteiger partial charge in [0, 0.05) is 25.4 Å². The zero-order valence-corrected chi connectivity index (χ0v) is 7.38. The molecule has 0 N–H and O–H groups in total. The standard InChI is InChI=1S/C8H12F2N2/c1-6(2)8(9,10)7-11-4-5-12(7)3/h4-6H,1-3H3. The molecule has 1 aromatic rings. The lowest BCUT2D eigenvalue weighted by atomic mass is 10.1. The van der Waals surface area contributed by atoms with Crippen LogP contribution >= 0.6 is 0 Å². The van der Waals surface area contributed by atoms with Crippen LogP contribution in [0.5, 0.6) is 0 Å². The summed E-state index contributed by atoms with van der Waals surface area (Å²) in [5.41, 5.74) is 0. The van der Waals surface area contributed by atoms with Crippen LogP contribution in [-0.4, -0.2) is 9.55 Å². The van der Waals surface area contributed by atoms with Gasteiger partial charge in [-0.2, -0.15) is 8.78 Å². The van der Waals surface area contributed by atoms with Crippen molar-refractivity contribution < 1.29 is 8.78 Å². The van der Waals surface area contributed by atoms with Crippen LogP contribution in [0.3, 0.4) is 0 Å². The molecule has 12 heavy (non-hydrogen) atoms. The Bertz CT molecular complexity index is 266. The van der Waals surface area contributed by atoms with Gasteiger partial charge in [-0.3, -0.25) is 0 Å². The summed E-state index contributed by atoms with van der Waals surface area (Å²) in [5.74, 6) is -3.73. The molecule has 0 bridgehead atoms. The number of aromatic nitrogens is 2. The van der Waals surface area contributed by atoms with Gasteiger partial charge in [-0.1, -0.05) is 13.8 Å². The van der Waals surface area contributed by atoms with Crippen molar-refractivity contribution in [3.05, 3.63) is 18.2 Å². The average molecular weight is 174 g/mol. The van der Waals surface area contributed by atoms with E-state index in [0.29, 0.717) is 0 Å². The summed E-state index contributed by atoms with van der Waals surface area (Å²) >= 11 is 0. The molecule has 0 amide bonds. The molecule has 1 heterocycles. The lowest BCUT2D eigenvalue weighted by molar-refractivity contribution is -0.0619. The van der Waals surface area contributed by atoms with Crippen molar-refractivity contribution >= 4 is 0 Å². The van der Waals surface area contributed by atoms with Crippen molar-refractivity contribution in [1.82, 2.24) is 9.55 Å². The van der Waals surface area contributed by atoms with Gasteiger partial charge in [-0.25, -0.2) is 4.98 Å². The second-order valence-corrected chi connectivity index (χ2v) is 3.14. The van der Waals surface area contributed by atoms with Crippen LogP contribution in [0.4, 0.5) is 8.78 Å². The number of hydrogen-bond donors (Lipinski definition) is 0. The smallest absolute Gasteiger partial charge is 0.307 e. The van der Waals surface area contributed by atoms with Gasteiger partial charge in [0.25, 0.3) is 0 Å². The van der Waals surface area contributed by atoms with E-state index in [9.17, 15) is 8.78 Å². The Hall–Kier alpha value is -0.930. The molecule has 0 radical (unpaired) electrons. The predicted octanol–water partition coefficient (Wildman–Crippen LogP) is 2.17. The average Bonchev–Trinajstić information content (AvgIpc) is 2.35. The molecule has 0 unspecified atom stereocenters. The summed E-state index contributed by atoms with van der Waals surface area (Å²) < 4.78 is 27.9. The largest absolute Gasteiger partial charge is 0.333 e. The highest BCUT2D eigenvalue weighted by Crippen LogP contribution is 2.33. The van der Waals surface area contributed by atoms with Gasteiger partial charge in [0.1, 0.15) is 0 Å². The number of alkyl halides is 2. The summed E-state index contributed by atoms with van der Waals surface area (Å²) in [6.07, 6.45) is 2.90. The van der Waals surface area contributed by atoms with Crippen LogP contribution < -0.4 is 0 Å². The highest BCUT2D eigenvalue weighted by atomic mass is 19.3. The Morgan fingerprint density at radius 1 is 1.50 bits per heavy atom. The fourth-order valence-electron chi connectivity index (χ4n) is 0.945. The monoisotopic (exact) mass is 174 g/mol. The molecule has 0 aromatic carbocycles. The summed E-state index contributed by atoms with van der Waals surface area (Å²) in [7, 11) is 1.57. The van der Waals surface area contributed by atoms with Gasteiger partial charge in [0.05, 0.1) is 0 Å². The third kappa shape index (κ3) is 1.33. The molecule has 1 rings (SSSR count). The molecule has 0 fully saturated rings. The molecule has 0 atom stereocenters. The maximum absolute atomic E-state index is 13.3. The van der Waals surface area contributed by atoms with E-state index in [1.807, 2.05) is 0 Å². The van der Waals surface area contributed by atoms with E-state index in [1.54, 1.807) is 7.05 Å². The van der Waals surface area contributed by atoms with E-state index in [-0.39, 0.29) is 5.82 Å². The summed E-state index contributed by atoms with van der Waals surface area (Å²) in [4.78, 5) is 3.62. The second kappa shape index (κ2) is 2.84. The second-order valence-electron chi connectivity index (χ2n) is 3.14. The Balaban J connectivity index is 3.05. The number of halogens is 2. The topological polar surface area (TPSA) is 17.8 Å². The molecule has 2 nitrogen and oxygen atoms in total. The third-order valence-corrected chi connectivity index (χ3v) is 1.84. The van der Waals surface area contributed by atoms with Crippen LogP contribution in [0.15, 0.2) is 12.4 Å². The molecular weight excluding hydrogens is 162 g/mol. The van der Waals surface area contributed by atoms with Crippen molar-refractivity contribution in [3.63, 3.8) is 0 Å². The quantitative estimate of drug-likeness (QED) is 0.671. The zero-order chi connectivity index (χ0) is 9.35. The number of aryl methyl sites for hydroxylation is 1. The van der Waals surface area contributed by atoms with Crippen LogP contribution in [0.2, 0.25) is 0 Å². The minimum absolute atomic E-state index is 0.169. The first-order valence-corrected chi connectivity index (χ1v) is 3.82. The van der Waals surface area contributed by atoms with Crippen molar-refractivity contribution in [2.75, 3.05) is 0 Å². The van der Waals surface area contributed by atoms with Crippen LogP contribution in [0.25, 0.3) is 0 Å². The zero-order valence-electron chi connectivity index (χ0n) is 7.38. The molecule has 68 valence electrons. The molecule has 4 heteroatoms. The lowest BCUT2D eigenvalue weighted by Crippen LogP contribution is -2.24. The fourth-order valence-corrected chi connectivity index (χ4v) is 0.945. The number of nitrogens with zero attached hydrogens (tertiary/aromatic N) is 2. The van der Waals surface area contributed by atoms with Crippen LogP contribution in [0, 0.1) is 5.92 Å².